The minimum Gasteiger partial charge on any atom is -0.476 e. The van der Waals surface area contributed by atoms with Crippen molar-refractivity contribution in [3.8, 4) is 0 Å². The number of aromatic nitrogens is 3. The molecule has 0 aliphatic heterocycles. The summed E-state index contributed by atoms with van der Waals surface area (Å²) in [7, 11) is 0. The number of rotatable bonds is 5. The molecule has 0 aliphatic carbocycles. The Bertz CT molecular complexity index is 1070. The molecule has 3 aromatic rings. The molecule has 0 atom stereocenters. The first-order valence-corrected chi connectivity index (χ1v) is 9.22. The van der Waals surface area contributed by atoms with Crippen molar-refractivity contribution in [1.29, 1.82) is 0 Å². The lowest BCUT2D eigenvalue weighted by molar-refractivity contribution is 0.0521. The molecule has 0 radical (unpaired) electrons. The number of amides is 1. The lowest BCUT2D eigenvalue weighted by atomic mass is 10.1. The van der Waals surface area contributed by atoms with Crippen molar-refractivity contribution in [1.82, 2.24) is 19.9 Å². The molecule has 1 amide bonds. The predicted molar refractivity (Wildman–Crippen MR) is 108 cm³/mol. The normalized spacial score (nSPS) is 11.4. The van der Waals surface area contributed by atoms with Crippen LogP contribution < -0.4 is 5.32 Å². The molecule has 0 saturated carbocycles. The Kier molecular flexibility index (Phi) is 5.54. The molecule has 8 nitrogen and oxygen atoms in total. The number of pyridine rings is 1. The Morgan fingerprint density at radius 2 is 2.00 bits per heavy atom. The highest BCUT2D eigenvalue weighted by molar-refractivity contribution is 5.85. The number of carbonyl (C=O) groups excluding carboxylic acids is 1. The zero-order chi connectivity index (χ0) is 21.2. The van der Waals surface area contributed by atoms with E-state index >= 15 is 0 Å². The van der Waals surface area contributed by atoms with Gasteiger partial charge >= 0.3 is 12.1 Å². The van der Waals surface area contributed by atoms with Crippen molar-refractivity contribution in [3.05, 3.63) is 59.3 Å². The van der Waals surface area contributed by atoms with Gasteiger partial charge in [0, 0.05) is 24.3 Å². The van der Waals surface area contributed by atoms with Crippen LogP contribution in [0.15, 0.2) is 36.7 Å². The fraction of sp³-hybridized carbons (Fsp3) is 0.333. The number of carbonyl (C=O) groups is 2. The largest absolute Gasteiger partial charge is 0.476 e. The second-order valence-electron chi connectivity index (χ2n) is 7.87. The molecule has 29 heavy (non-hydrogen) atoms. The van der Waals surface area contributed by atoms with Crippen LogP contribution in [0.1, 0.15) is 48.2 Å². The van der Waals surface area contributed by atoms with Crippen molar-refractivity contribution < 1.29 is 19.4 Å². The first-order chi connectivity index (χ1) is 13.6. The van der Waals surface area contributed by atoms with Gasteiger partial charge < -0.3 is 19.7 Å². The van der Waals surface area contributed by atoms with Gasteiger partial charge in [0.05, 0.1) is 12.1 Å². The van der Waals surface area contributed by atoms with Crippen molar-refractivity contribution in [2.24, 2.45) is 0 Å². The number of imidazole rings is 1. The van der Waals surface area contributed by atoms with E-state index in [0.717, 1.165) is 22.0 Å². The molecule has 0 bridgehead atoms. The Balaban J connectivity index is 1.82. The summed E-state index contributed by atoms with van der Waals surface area (Å²) >= 11 is 0. The summed E-state index contributed by atoms with van der Waals surface area (Å²) in [5.74, 6) is -0.698. The molecule has 3 rings (SSSR count). The Labute approximate surface area is 168 Å². The van der Waals surface area contributed by atoms with E-state index in [9.17, 15) is 14.7 Å². The lowest BCUT2D eigenvalue weighted by Gasteiger charge is -2.19. The monoisotopic (exact) mass is 396 g/mol. The third kappa shape index (κ3) is 5.31. The van der Waals surface area contributed by atoms with E-state index in [1.54, 1.807) is 25.3 Å². The number of nitrogens with one attached hydrogen (secondary N) is 1. The summed E-state index contributed by atoms with van der Waals surface area (Å²) in [6.07, 6.45) is 2.70. The predicted octanol–water partition coefficient (Wildman–Crippen LogP) is 3.51. The third-order valence-corrected chi connectivity index (χ3v) is 4.10. The van der Waals surface area contributed by atoms with Gasteiger partial charge in [-0.1, -0.05) is 6.07 Å². The standard InChI is InChI=1S/C21H24N4O4/c1-13-7-15-8-14(5-6-16(15)22-9-13)11-25-12-17(19(26)27)24-18(25)10-23-20(28)29-21(2,3)4/h5-9,12H,10-11H2,1-4H3,(H,23,28)(H,26,27). The minimum atomic E-state index is -1.12. The molecule has 1 aromatic carbocycles. The van der Waals surface area contributed by atoms with Gasteiger partial charge in [0.2, 0.25) is 0 Å². The molecule has 0 aliphatic rings. The SMILES string of the molecule is Cc1cnc2ccc(Cn3cc(C(=O)O)nc3CNC(=O)OC(C)(C)C)cc2c1. The Morgan fingerprint density at radius 1 is 1.24 bits per heavy atom. The number of ether oxygens (including phenoxy) is 1. The number of aromatic carboxylic acids is 1. The van der Waals surface area contributed by atoms with Crippen LogP contribution in [0, 0.1) is 6.92 Å². The van der Waals surface area contributed by atoms with Gasteiger partial charge in [0.25, 0.3) is 0 Å². The second-order valence-corrected chi connectivity index (χ2v) is 7.87. The van der Waals surface area contributed by atoms with E-state index in [2.05, 4.69) is 15.3 Å². The number of hydrogen-bond donors (Lipinski definition) is 2. The van der Waals surface area contributed by atoms with Gasteiger partial charge in [0.1, 0.15) is 11.4 Å². The summed E-state index contributed by atoms with van der Waals surface area (Å²) in [6.45, 7) is 7.76. The smallest absolute Gasteiger partial charge is 0.408 e. The Hall–Kier alpha value is -3.42. The van der Waals surface area contributed by atoms with E-state index in [4.69, 9.17) is 4.74 Å². The molecule has 152 valence electrons. The Morgan fingerprint density at radius 3 is 2.69 bits per heavy atom. The number of benzene rings is 1. The zero-order valence-electron chi connectivity index (χ0n) is 16.9. The maximum atomic E-state index is 11.9. The summed E-state index contributed by atoms with van der Waals surface area (Å²) in [4.78, 5) is 31.8. The number of alkyl carbamates (subject to hydrolysis) is 1. The average Bonchev–Trinajstić information content (AvgIpc) is 3.01. The average molecular weight is 396 g/mol. The summed E-state index contributed by atoms with van der Waals surface area (Å²) in [5, 5.41) is 12.9. The fourth-order valence-corrected chi connectivity index (χ4v) is 2.89. The van der Waals surface area contributed by atoms with Crippen LogP contribution in [0.4, 0.5) is 4.79 Å². The highest BCUT2D eigenvalue weighted by Crippen LogP contribution is 2.17. The van der Waals surface area contributed by atoms with Crippen molar-refractivity contribution in [2.75, 3.05) is 0 Å². The van der Waals surface area contributed by atoms with E-state index in [-0.39, 0.29) is 12.2 Å². The highest BCUT2D eigenvalue weighted by atomic mass is 16.6. The van der Waals surface area contributed by atoms with Gasteiger partial charge in [-0.05, 0) is 57.0 Å². The van der Waals surface area contributed by atoms with Crippen LogP contribution in [-0.4, -0.2) is 37.3 Å². The second kappa shape index (κ2) is 7.90. The summed E-state index contributed by atoms with van der Waals surface area (Å²) in [6, 6.07) is 7.93. The van der Waals surface area contributed by atoms with Crippen LogP contribution in [0.5, 0.6) is 0 Å². The van der Waals surface area contributed by atoms with Gasteiger partial charge in [-0.3, -0.25) is 4.98 Å². The highest BCUT2D eigenvalue weighted by Gasteiger charge is 2.18. The van der Waals surface area contributed by atoms with Crippen molar-refractivity contribution in [3.63, 3.8) is 0 Å². The topological polar surface area (TPSA) is 106 Å². The molecule has 2 N–H and O–H groups in total. The number of fused-ring (bicyclic) bond motifs is 1. The molecular weight excluding hydrogens is 372 g/mol. The summed E-state index contributed by atoms with van der Waals surface area (Å²) in [5.41, 5.74) is 2.22. The van der Waals surface area contributed by atoms with Gasteiger partial charge in [-0.2, -0.15) is 0 Å². The quantitative estimate of drug-likeness (QED) is 0.683. The fourth-order valence-electron chi connectivity index (χ4n) is 2.89. The van der Waals surface area contributed by atoms with Gasteiger partial charge in [-0.15, -0.1) is 0 Å². The minimum absolute atomic E-state index is 0.0520. The number of aryl methyl sites for hydroxylation is 1. The van der Waals surface area contributed by atoms with E-state index in [1.165, 1.54) is 6.20 Å². The number of nitrogens with zero attached hydrogens (tertiary/aromatic N) is 3. The molecular formula is C21H24N4O4. The first-order valence-electron chi connectivity index (χ1n) is 9.22. The molecule has 8 heteroatoms. The summed E-state index contributed by atoms with van der Waals surface area (Å²) < 4.78 is 6.93. The van der Waals surface area contributed by atoms with E-state index < -0.39 is 17.7 Å². The molecule has 0 unspecified atom stereocenters. The van der Waals surface area contributed by atoms with Crippen LogP contribution in [0.25, 0.3) is 10.9 Å². The number of hydrogen-bond acceptors (Lipinski definition) is 5. The zero-order valence-corrected chi connectivity index (χ0v) is 16.9. The molecule has 0 saturated heterocycles. The lowest BCUT2D eigenvalue weighted by Crippen LogP contribution is -2.32. The first kappa shape index (κ1) is 20.3. The van der Waals surface area contributed by atoms with E-state index in [1.807, 2.05) is 37.4 Å². The van der Waals surface area contributed by atoms with Crippen molar-refractivity contribution in [2.45, 2.75) is 46.4 Å². The maximum absolute atomic E-state index is 11.9. The van der Waals surface area contributed by atoms with Crippen molar-refractivity contribution >= 4 is 23.0 Å². The molecule has 2 heterocycles. The van der Waals surface area contributed by atoms with E-state index in [0.29, 0.717) is 12.4 Å². The van der Waals surface area contributed by atoms with Crippen LogP contribution in [0.3, 0.4) is 0 Å². The molecule has 0 fully saturated rings. The van der Waals surface area contributed by atoms with Crippen LogP contribution >= 0.6 is 0 Å². The number of carboxylic acids is 1. The third-order valence-electron chi connectivity index (χ3n) is 4.10. The molecule has 2 aromatic heterocycles. The van der Waals surface area contributed by atoms with Crippen LogP contribution in [0.2, 0.25) is 0 Å². The van der Waals surface area contributed by atoms with Gasteiger partial charge in [-0.25, -0.2) is 14.6 Å². The maximum Gasteiger partial charge on any atom is 0.408 e. The number of carboxylic acid groups (broad SMARTS) is 1. The van der Waals surface area contributed by atoms with Gasteiger partial charge in [0.15, 0.2) is 5.69 Å². The molecule has 0 spiro atoms. The van der Waals surface area contributed by atoms with Crippen LogP contribution in [-0.2, 0) is 17.8 Å².